The molecule has 0 atom stereocenters. The zero-order valence-electron chi connectivity index (χ0n) is 10.5. The topological polar surface area (TPSA) is 47.7 Å². The van der Waals surface area contributed by atoms with Gasteiger partial charge in [-0.2, -0.15) is 0 Å². The van der Waals surface area contributed by atoms with Gasteiger partial charge in [0.15, 0.2) is 5.82 Å². The molecular formula is C11H20N4S2. The predicted octanol–water partition coefficient (Wildman–Crippen LogP) is 3.60. The van der Waals surface area contributed by atoms with Gasteiger partial charge in [-0.15, -0.1) is 5.10 Å². The summed E-state index contributed by atoms with van der Waals surface area (Å²) in [6, 6.07) is 0. The summed E-state index contributed by atoms with van der Waals surface area (Å²) < 4.78 is 1.20. The minimum absolute atomic E-state index is 0.558. The van der Waals surface area contributed by atoms with Crippen LogP contribution in [-0.4, -0.2) is 28.5 Å². The second-order valence-electron chi connectivity index (χ2n) is 4.02. The molecule has 0 saturated carbocycles. The van der Waals surface area contributed by atoms with Crippen molar-refractivity contribution in [3.8, 4) is 0 Å². The molecule has 1 rings (SSSR count). The molecule has 0 spiro atoms. The second kappa shape index (κ2) is 7.55. The molecule has 0 aliphatic carbocycles. The van der Waals surface area contributed by atoms with Gasteiger partial charge in [0.1, 0.15) is 9.15 Å². The second-order valence-corrected chi connectivity index (χ2v) is 4.84. The van der Waals surface area contributed by atoms with Gasteiger partial charge in [-0.05, 0) is 12.8 Å². The van der Waals surface area contributed by atoms with E-state index >= 15 is 0 Å². The van der Waals surface area contributed by atoms with Crippen molar-refractivity contribution in [1.29, 1.82) is 0 Å². The Bertz CT molecular complexity index is 430. The Balaban J connectivity index is 2.91. The number of aromatic nitrogens is 3. The third kappa shape index (κ3) is 4.20. The van der Waals surface area contributed by atoms with Crippen molar-refractivity contribution in [2.75, 3.05) is 18.0 Å². The van der Waals surface area contributed by atoms with Crippen molar-refractivity contribution in [3.63, 3.8) is 0 Å². The lowest BCUT2D eigenvalue weighted by Crippen LogP contribution is -2.27. The third-order valence-corrected chi connectivity index (χ3v) is 3.43. The van der Waals surface area contributed by atoms with Crippen LogP contribution in [0.15, 0.2) is 0 Å². The summed E-state index contributed by atoms with van der Waals surface area (Å²) >= 11 is 10.4. The summed E-state index contributed by atoms with van der Waals surface area (Å²) in [5.74, 6) is 0.811. The van der Waals surface area contributed by atoms with Gasteiger partial charge in [0.2, 0.25) is 0 Å². The largest absolute Gasteiger partial charge is 0.354 e. The first-order valence-corrected chi connectivity index (χ1v) is 6.94. The van der Waals surface area contributed by atoms with Crippen LogP contribution in [0.5, 0.6) is 0 Å². The minimum atomic E-state index is 0.558. The zero-order chi connectivity index (χ0) is 12.7. The van der Waals surface area contributed by atoms with E-state index in [1.165, 1.54) is 12.8 Å². The van der Waals surface area contributed by atoms with Crippen molar-refractivity contribution < 1.29 is 0 Å². The highest BCUT2D eigenvalue weighted by Crippen LogP contribution is 2.13. The molecule has 1 aromatic heterocycles. The van der Waals surface area contributed by atoms with E-state index < -0.39 is 0 Å². The molecule has 1 heterocycles. The van der Waals surface area contributed by atoms with Crippen molar-refractivity contribution in [1.82, 2.24) is 15.4 Å². The molecule has 6 heteroatoms. The SMILES string of the molecule is CCCCN(CCCC)c1n[nH][nH]c(=S)c1=S. The molecule has 0 saturated heterocycles. The molecule has 0 aliphatic rings. The van der Waals surface area contributed by atoms with E-state index in [-0.39, 0.29) is 0 Å². The van der Waals surface area contributed by atoms with Crippen LogP contribution in [-0.2, 0) is 0 Å². The predicted molar refractivity (Wildman–Crippen MR) is 76.6 cm³/mol. The number of aromatic amines is 2. The first kappa shape index (κ1) is 14.3. The molecule has 0 radical (unpaired) electrons. The number of nitrogens with zero attached hydrogens (tertiary/aromatic N) is 2. The van der Waals surface area contributed by atoms with Gasteiger partial charge >= 0.3 is 0 Å². The van der Waals surface area contributed by atoms with Crippen LogP contribution in [0.4, 0.5) is 5.82 Å². The van der Waals surface area contributed by atoms with Crippen LogP contribution >= 0.6 is 24.4 Å². The Morgan fingerprint density at radius 2 is 1.71 bits per heavy atom. The highest BCUT2D eigenvalue weighted by Gasteiger charge is 2.09. The molecule has 0 bridgehead atoms. The average molecular weight is 272 g/mol. The van der Waals surface area contributed by atoms with E-state index in [4.69, 9.17) is 24.4 Å². The summed E-state index contributed by atoms with van der Waals surface area (Å²) in [6.07, 6.45) is 4.62. The Morgan fingerprint density at radius 1 is 1.12 bits per heavy atom. The number of hydrogen-bond donors (Lipinski definition) is 2. The lowest BCUT2D eigenvalue weighted by molar-refractivity contribution is 0.660. The van der Waals surface area contributed by atoms with Crippen LogP contribution in [0.25, 0.3) is 0 Å². The maximum absolute atomic E-state index is 5.31. The zero-order valence-corrected chi connectivity index (χ0v) is 12.1. The van der Waals surface area contributed by atoms with Gasteiger partial charge in [0.25, 0.3) is 0 Å². The highest BCUT2D eigenvalue weighted by molar-refractivity contribution is 7.74. The number of nitrogens with one attached hydrogen (secondary N) is 2. The smallest absolute Gasteiger partial charge is 0.171 e. The Hall–Kier alpha value is -0.750. The average Bonchev–Trinajstić information content (AvgIpc) is 2.34. The summed E-state index contributed by atoms with van der Waals surface area (Å²) in [6.45, 7) is 6.34. The Kier molecular flexibility index (Phi) is 6.36. The van der Waals surface area contributed by atoms with Crippen LogP contribution < -0.4 is 4.90 Å². The summed E-state index contributed by atoms with van der Waals surface area (Å²) in [5, 5.41) is 9.69. The maximum Gasteiger partial charge on any atom is 0.171 e. The van der Waals surface area contributed by atoms with Gasteiger partial charge in [0, 0.05) is 13.1 Å². The quantitative estimate of drug-likeness (QED) is 0.745. The van der Waals surface area contributed by atoms with E-state index in [1.807, 2.05) is 0 Å². The Morgan fingerprint density at radius 3 is 2.24 bits per heavy atom. The molecule has 0 unspecified atom stereocenters. The first-order chi connectivity index (χ1) is 8.20. The molecule has 17 heavy (non-hydrogen) atoms. The molecule has 0 aliphatic heterocycles. The van der Waals surface area contributed by atoms with Crippen LogP contribution in [0, 0.1) is 9.15 Å². The molecule has 4 nitrogen and oxygen atoms in total. The van der Waals surface area contributed by atoms with E-state index in [2.05, 4.69) is 34.2 Å². The molecule has 0 fully saturated rings. The standard InChI is InChI=1S/C11H20N4S2/c1-3-5-7-15(8-6-4-2)10-9(16)11(17)13-14-12-10/h3-8H2,1-2H3,(H,14,16)(H,12,13,17). The van der Waals surface area contributed by atoms with E-state index in [0.717, 1.165) is 31.7 Å². The molecule has 1 aromatic rings. The molecule has 0 aromatic carbocycles. The minimum Gasteiger partial charge on any atom is -0.354 e. The number of anilines is 1. The fraction of sp³-hybridized carbons (Fsp3) is 0.727. The van der Waals surface area contributed by atoms with Gasteiger partial charge in [-0.25, -0.2) is 5.21 Å². The first-order valence-electron chi connectivity index (χ1n) is 6.13. The summed E-state index contributed by atoms with van der Waals surface area (Å²) in [5.41, 5.74) is 0. The summed E-state index contributed by atoms with van der Waals surface area (Å²) in [4.78, 5) is 2.23. The monoisotopic (exact) mass is 272 g/mol. The van der Waals surface area contributed by atoms with E-state index in [9.17, 15) is 0 Å². The fourth-order valence-electron chi connectivity index (χ4n) is 1.58. The van der Waals surface area contributed by atoms with Gasteiger partial charge in [-0.1, -0.05) is 51.1 Å². The number of unbranched alkanes of at least 4 members (excludes halogenated alkanes) is 2. The van der Waals surface area contributed by atoms with Crippen LogP contribution in [0.2, 0.25) is 0 Å². The van der Waals surface area contributed by atoms with Crippen molar-refractivity contribution >= 4 is 30.3 Å². The maximum atomic E-state index is 5.31. The number of hydrogen-bond acceptors (Lipinski definition) is 4. The van der Waals surface area contributed by atoms with Gasteiger partial charge in [-0.3, -0.25) is 5.10 Å². The molecule has 0 amide bonds. The van der Waals surface area contributed by atoms with Crippen LogP contribution in [0.3, 0.4) is 0 Å². The lowest BCUT2D eigenvalue weighted by Gasteiger charge is -2.22. The molecule has 2 N–H and O–H groups in total. The van der Waals surface area contributed by atoms with Gasteiger partial charge in [0.05, 0.1) is 0 Å². The molecular weight excluding hydrogens is 252 g/mol. The normalized spacial score (nSPS) is 10.5. The molecule has 96 valence electrons. The van der Waals surface area contributed by atoms with E-state index in [0.29, 0.717) is 9.15 Å². The highest BCUT2D eigenvalue weighted by atomic mass is 32.1. The van der Waals surface area contributed by atoms with Crippen molar-refractivity contribution in [3.05, 3.63) is 9.15 Å². The van der Waals surface area contributed by atoms with Crippen molar-refractivity contribution in [2.24, 2.45) is 0 Å². The van der Waals surface area contributed by atoms with Crippen molar-refractivity contribution in [2.45, 2.75) is 39.5 Å². The number of rotatable bonds is 7. The Labute approximate surface area is 112 Å². The van der Waals surface area contributed by atoms with Gasteiger partial charge < -0.3 is 4.90 Å². The van der Waals surface area contributed by atoms with E-state index in [1.54, 1.807) is 0 Å². The summed E-state index contributed by atoms with van der Waals surface area (Å²) in [7, 11) is 0. The third-order valence-electron chi connectivity index (χ3n) is 2.60. The fourth-order valence-corrected chi connectivity index (χ4v) is 1.94. The number of H-pyrrole nitrogens is 2. The van der Waals surface area contributed by atoms with Crippen LogP contribution in [0.1, 0.15) is 39.5 Å². The lowest BCUT2D eigenvalue weighted by atomic mass is 10.2.